The van der Waals surface area contributed by atoms with Gasteiger partial charge >= 0.3 is 0 Å². The van der Waals surface area contributed by atoms with E-state index in [0.29, 0.717) is 0 Å². The van der Waals surface area contributed by atoms with Crippen LogP contribution in [0.4, 0.5) is 0 Å². The number of hydrogen-bond acceptors (Lipinski definition) is 3. The van der Waals surface area contributed by atoms with E-state index in [-0.39, 0.29) is 23.8 Å². The molecule has 1 N–H and O–H groups in total. The molecule has 0 aromatic heterocycles. The molecule has 112 valence electrons. The maximum Gasteiger partial charge on any atom is 0.252 e. The molecule has 0 aromatic carbocycles. The normalized spacial score (nSPS) is 29.0. The molecule has 2 aliphatic rings. The Labute approximate surface area is 120 Å². The number of amides is 3. The van der Waals surface area contributed by atoms with Crippen molar-refractivity contribution in [3.05, 3.63) is 0 Å². The fourth-order valence-corrected chi connectivity index (χ4v) is 3.28. The zero-order chi connectivity index (χ0) is 15.1. The molecule has 1 aliphatic heterocycles. The van der Waals surface area contributed by atoms with Gasteiger partial charge in [0.05, 0.1) is 0 Å². The van der Waals surface area contributed by atoms with E-state index in [1.54, 1.807) is 13.8 Å². The maximum atomic E-state index is 12.9. The Morgan fingerprint density at radius 3 is 2.45 bits per heavy atom. The average Bonchev–Trinajstić information content (AvgIpc) is 2.33. The molecule has 1 heterocycles. The molecule has 0 aromatic rings. The van der Waals surface area contributed by atoms with Gasteiger partial charge in [-0.15, -0.1) is 0 Å². The molecular formula is C15H24N2O3. The van der Waals surface area contributed by atoms with Crippen molar-refractivity contribution >= 4 is 17.7 Å². The Kier molecular flexibility index (Phi) is 3.65. The van der Waals surface area contributed by atoms with Gasteiger partial charge in [0, 0.05) is 5.92 Å². The van der Waals surface area contributed by atoms with E-state index in [2.05, 4.69) is 19.2 Å². The van der Waals surface area contributed by atoms with Gasteiger partial charge in [-0.2, -0.15) is 0 Å². The van der Waals surface area contributed by atoms with Crippen LogP contribution in [0.1, 0.15) is 53.4 Å². The smallest absolute Gasteiger partial charge is 0.252 e. The molecule has 1 atom stereocenters. The van der Waals surface area contributed by atoms with E-state index in [0.717, 1.165) is 25.7 Å². The third-order valence-electron chi connectivity index (χ3n) is 4.86. The van der Waals surface area contributed by atoms with Crippen LogP contribution in [-0.2, 0) is 14.4 Å². The predicted octanol–water partition coefficient (Wildman–Crippen LogP) is 1.47. The summed E-state index contributed by atoms with van der Waals surface area (Å²) in [7, 11) is 0. The number of imide groups is 1. The van der Waals surface area contributed by atoms with E-state index >= 15 is 0 Å². The fourth-order valence-electron chi connectivity index (χ4n) is 3.28. The Hall–Kier alpha value is -1.39. The van der Waals surface area contributed by atoms with Crippen LogP contribution < -0.4 is 5.32 Å². The quantitative estimate of drug-likeness (QED) is 0.740. The van der Waals surface area contributed by atoms with E-state index in [1.165, 1.54) is 4.90 Å². The molecule has 1 saturated heterocycles. The lowest BCUT2D eigenvalue weighted by atomic mass is 9.68. The minimum atomic E-state index is -0.960. The van der Waals surface area contributed by atoms with Crippen LogP contribution in [0.15, 0.2) is 0 Å². The monoisotopic (exact) mass is 280 g/mol. The molecule has 0 radical (unpaired) electrons. The maximum absolute atomic E-state index is 12.9. The molecule has 2 fully saturated rings. The third-order valence-corrected chi connectivity index (χ3v) is 4.86. The molecule has 0 bridgehead atoms. The topological polar surface area (TPSA) is 66.5 Å². The van der Waals surface area contributed by atoms with E-state index < -0.39 is 17.4 Å². The van der Waals surface area contributed by atoms with Crippen molar-refractivity contribution in [3.63, 3.8) is 0 Å². The summed E-state index contributed by atoms with van der Waals surface area (Å²) in [6, 6.07) is 0. The first kappa shape index (κ1) is 15.0. The SMILES string of the molecule is CC1(C)CCCCC1C(=O)N1CC(=O)NC(=O)C1(C)C. The summed E-state index contributed by atoms with van der Waals surface area (Å²) in [6.07, 6.45) is 4.03. The lowest BCUT2D eigenvalue weighted by Gasteiger charge is -2.46. The summed E-state index contributed by atoms with van der Waals surface area (Å²) >= 11 is 0. The average molecular weight is 280 g/mol. The Morgan fingerprint density at radius 1 is 1.20 bits per heavy atom. The van der Waals surface area contributed by atoms with Crippen LogP contribution >= 0.6 is 0 Å². The molecule has 5 nitrogen and oxygen atoms in total. The van der Waals surface area contributed by atoms with Gasteiger partial charge in [-0.3, -0.25) is 19.7 Å². The Balaban J connectivity index is 2.26. The summed E-state index contributed by atoms with van der Waals surface area (Å²) in [4.78, 5) is 37.9. The zero-order valence-corrected chi connectivity index (χ0v) is 12.8. The van der Waals surface area contributed by atoms with Gasteiger partial charge in [-0.05, 0) is 32.1 Å². The molecule has 2 rings (SSSR count). The summed E-state index contributed by atoms with van der Waals surface area (Å²) in [5.41, 5.74) is -1.03. The van der Waals surface area contributed by atoms with Gasteiger partial charge in [0.15, 0.2) is 0 Å². The number of piperazine rings is 1. The highest BCUT2D eigenvalue weighted by Gasteiger charge is 2.48. The molecule has 1 aliphatic carbocycles. The highest BCUT2D eigenvalue weighted by atomic mass is 16.2. The highest BCUT2D eigenvalue weighted by molar-refractivity contribution is 6.06. The standard InChI is InChI=1S/C15H24N2O3/c1-14(2)8-6-5-7-10(14)12(19)17-9-11(18)16-13(20)15(17,3)4/h10H,5-9H2,1-4H3,(H,16,18,20). The molecular weight excluding hydrogens is 256 g/mol. The van der Waals surface area contributed by atoms with Gasteiger partial charge in [0.2, 0.25) is 11.8 Å². The summed E-state index contributed by atoms with van der Waals surface area (Å²) in [5, 5.41) is 2.31. The summed E-state index contributed by atoms with van der Waals surface area (Å²) in [6.45, 7) is 7.58. The molecule has 1 saturated carbocycles. The molecule has 5 heteroatoms. The van der Waals surface area contributed by atoms with Crippen LogP contribution in [0.5, 0.6) is 0 Å². The van der Waals surface area contributed by atoms with Gasteiger partial charge in [0.25, 0.3) is 5.91 Å². The number of nitrogens with zero attached hydrogens (tertiary/aromatic N) is 1. The molecule has 1 unspecified atom stereocenters. The molecule has 0 spiro atoms. The van der Waals surface area contributed by atoms with Crippen LogP contribution in [0, 0.1) is 11.3 Å². The van der Waals surface area contributed by atoms with Gasteiger partial charge < -0.3 is 4.90 Å². The first-order chi connectivity index (χ1) is 9.16. The Morgan fingerprint density at radius 2 is 1.85 bits per heavy atom. The van der Waals surface area contributed by atoms with Crippen molar-refractivity contribution in [2.24, 2.45) is 11.3 Å². The van der Waals surface area contributed by atoms with Crippen LogP contribution in [-0.4, -0.2) is 34.7 Å². The van der Waals surface area contributed by atoms with Gasteiger partial charge in [0.1, 0.15) is 12.1 Å². The largest absolute Gasteiger partial charge is 0.319 e. The van der Waals surface area contributed by atoms with Crippen molar-refractivity contribution in [3.8, 4) is 0 Å². The second-order valence-electron chi connectivity index (χ2n) is 7.15. The first-order valence-electron chi connectivity index (χ1n) is 7.32. The first-order valence-corrected chi connectivity index (χ1v) is 7.32. The second-order valence-corrected chi connectivity index (χ2v) is 7.15. The van der Waals surface area contributed by atoms with Crippen molar-refractivity contribution in [2.75, 3.05) is 6.54 Å². The van der Waals surface area contributed by atoms with Crippen LogP contribution in [0.2, 0.25) is 0 Å². The summed E-state index contributed by atoms with van der Waals surface area (Å²) < 4.78 is 0. The number of carbonyl (C=O) groups excluding carboxylic acids is 3. The van der Waals surface area contributed by atoms with Gasteiger partial charge in [-0.25, -0.2) is 0 Å². The molecule has 3 amide bonds. The van der Waals surface area contributed by atoms with Crippen molar-refractivity contribution in [1.29, 1.82) is 0 Å². The van der Waals surface area contributed by atoms with Crippen molar-refractivity contribution in [1.82, 2.24) is 10.2 Å². The number of carbonyl (C=O) groups is 3. The summed E-state index contributed by atoms with van der Waals surface area (Å²) in [5.74, 6) is -0.941. The van der Waals surface area contributed by atoms with E-state index in [4.69, 9.17) is 0 Å². The molecule has 20 heavy (non-hydrogen) atoms. The highest BCUT2D eigenvalue weighted by Crippen LogP contribution is 2.42. The third kappa shape index (κ3) is 2.45. The van der Waals surface area contributed by atoms with E-state index in [9.17, 15) is 14.4 Å². The van der Waals surface area contributed by atoms with E-state index in [1.807, 2.05) is 0 Å². The fraction of sp³-hybridized carbons (Fsp3) is 0.800. The van der Waals surface area contributed by atoms with Crippen LogP contribution in [0.25, 0.3) is 0 Å². The number of nitrogens with one attached hydrogen (secondary N) is 1. The lowest BCUT2D eigenvalue weighted by Crippen LogP contribution is -2.67. The lowest BCUT2D eigenvalue weighted by molar-refractivity contribution is -0.160. The van der Waals surface area contributed by atoms with Crippen LogP contribution in [0.3, 0.4) is 0 Å². The van der Waals surface area contributed by atoms with Crippen molar-refractivity contribution in [2.45, 2.75) is 58.9 Å². The van der Waals surface area contributed by atoms with Gasteiger partial charge in [-0.1, -0.05) is 26.7 Å². The van der Waals surface area contributed by atoms with Crippen molar-refractivity contribution < 1.29 is 14.4 Å². The minimum Gasteiger partial charge on any atom is -0.319 e. The second kappa shape index (κ2) is 4.86. The predicted molar refractivity (Wildman–Crippen MR) is 74.7 cm³/mol. The number of hydrogen-bond donors (Lipinski definition) is 1. The number of rotatable bonds is 1. The minimum absolute atomic E-state index is 0.0237. The Bertz CT molecular complexity index is 454. The zero-order valence-electron chi connectivity index (χ0n) is 12.8.